The monoisotopic (exact) mass is 288 g/mol. The second-order valence-corrected chi connectivity index (χ2v) is 6.40. The molecule has 0 heterocycles. The van der Waals surface area contributed by atoms with Crippen LogP contribution in [0.5, 0.6) is 0 Å². The van der Waals surface area contributed by atoms with Crippen LogP contribution in [0, 0.1) is 17.3 Å². The molecule has 0 bridgehead atoms. The Hall–Kier alpha value is -1.30. The second kappa shape index (κ2) is 8.22. The zero-order chi connectivity index (χ0) is 15.9. The van der Waals surface area contributed by atoms with Crippen LogP contribution < -0.4 is 0 Å². The summed E-state index contributed by atoms with van der Waals surface area (Å²) in [7, 11) is 0. The van der Waals surface area contributed by atoms with Gasteiger partial charge in [-0.05, 0) is 62.2 Å². The highest BCUT2D eigenvalue weighted by Gasteiger charge is 2.24. The van der Waals surface area contributed by atoms with Gasteiger partial charge in [0.25, 0.3) is 0 Å². The average molecular weight is 288 g/mol. The summed E-state index contributed by atoms with van der Waals surface area (Å²) in [5.41, 5.74) is 3.40. The van der Waals surface area contributed by atoms with Gasteiger partial charge < -0.3 is 10.2 Å². The normalized spacial score (nSPS) is 20.4. The number of aliphatic hydroxyl groups is 2. The van der Waals surface area contributed by atoms with Crippen LogP contribution in [0.15, 0.2) is 34.9 Å². The minimum Gasteiger partial charge on any atom is -0.392 e. The van der Waals surface area contributed by atoms with Gasteiger partial charge in [-0.3, -0.25) is 0 Å². The van der Waals surface area contributed by atoms with E-state index in [1.54, 1.807) is 6.08 Å². The SMILES string of the molecule is C/C(C#CC(O)/C(C)=C/CC1=CCCCC1(C)C)=C/CO. The van der Waals surface area contributed by atoms with Crippen molar-refractivity contribution in [1.29, 1.82) is 0 Å². The molecule has 1 unspecified atom stereocenters. The fourth-order valence-corrected chi connectivity index (χ4v) is 2.48. The summed E-state index contributed by atoms with van der Waals surface area (Å²) in [4.78, 5) is 0. The highest BCUT2D eigenvalue weighted by atomic mass is 16.3. The van der Waals surface area contributed by atoms with Crippen LogP contribution in [-0.4, -0.2) is 22.9 Å². The Balaban J connectivity index is 2.68. The van der Waals surface area contributed by atoms with Crippen LogP contribution >= 0.6 is 0 Å². The standard InChI is InChI=1S/C19H28O2/c1-15(12-14-20)8-11-18(21)16(2)9-10-17-7-5-6-13-19(17,3)4/h7,9,12,18,20-21H,5-6,10,13-14H2,1-4H3/b15-12-,16-9+. The lowest BCUT2D eigenvalue weighted by Crippen LogP contribution is -2.18. The Morgan fingerprint density at radius 2 is 2.10 bits per heavy atom. The lowest BCUT2D eigenvalue weighted by atomic mass is 9.74. The first-order chi connectivity index (χ1) is 9.86. The summed E-state index contributed by atoms with van der Waals surface area (Å²) < 4.78 is 0. The summed E-state index contributed by atoms with van der Waals surface area (Å²) in [6.07, 6.45) is 9.89. The maximum absolute atomic E-state index is 10.0. The summed E-state index contributed by atoms with van der Waals surface area (Å²) in [5, 5.41) is 18.8. The number of rotatable bonds is 4. The fraction of sp³-hybridized carbons (Fsp3) is 0.579. The Labute approximate surface area is 129 Å². The first kappa shape index (κ1) is 17.8. The van der Waals surface area contributed by atoms with Gasteiger partial charge in [-0.15, -0.1) is 0 Å². The van der Waals surface area contributed by atoms with E-state index < -0.39 is 6.10 Å². The first-order valence-corrected chi connectivity index (χ1v) is 7.70. The van der Waals surface area contributed by atoms with Crippen LogP contribution in [0.4, 0.5) is 0 Å². The topological polar surface area (TPSA) is 40.5 Å². The third kappa shape index (κ3) is 5.91. The second-order valence-electron chi connectivity index (χ2n) is 6.40. The van der Waals surface area contributed by atoms with E-state index >= 15 is 0 Å². The number of aliphatic hydroxyl groups excluding tert-OH is 2. The molecule has 0 aromatic rings. The molecule has 2 heteroatoms. The Morgan fingerprint density at radius 1 is 1.38 bits per heavy atom. The first-order valence-electron chi connectivity index (χ1n) is 7.70. The third-order valence-electron chi connectivity index (χ3n) is 4.14. The molecule has 21 heavy (non-hydrogen) atoms. The van der Waals surface area contributed by atoms with Crippen molar-refractivity contribution in [3.8, 4) is 11.8 Å². The van der Waals surface area contributed by atoms with Crippen molar-refractivity contribution in [2.45, 2.75) is 59.5 Å². The molecule has 2 N–H and O–H groups in total. The number of allylic oxidation sites excluding steroid dienone is 4. The van der Waals surface area contributed by atoms with Crippen LogP contribution in [0.25, 0.3) is 0 Å². The maximum atomic E-state index is 10.0. The predicted molar refractivity (Wildman–Crippen MR) is 88.7 cm³/mol. The van der Waals surface area contributed by atoms with E-state index in [1.165, 1.54) is 24.8 Å². The minimum atomic E-state index is -0.737. The zero-order valence-electron chi connectivity index (χ0n) is 13.7. The van der Waals surface area contributed by atoms with Gasteiger partial charge in [-0.2, -0.15) is 0 Å². The minimum absolute atomic E-state index is 0.0192. The smallest absolute Gasteiger partial charge is 0.136 e. The van der Waals surface area contributed by atoms with Gasteiger partial charge in [0.05, 0.1) is 6.61 Å². The van der Waals surface area contributed by atoms with Gasteiger partial charge in [0.1, 0.15) is 6.10 Å². The number of hydrogen-bond acceptors (Lipinski definition) is 2. The lowest BCUT2D eigenvalue weighted by Gasteiger charge is -2.31. The molecule has 0 aliphatic heterocycles. The van der Waals surface area contributed by atoms with E-state index in [2.05, 4.69) is 37.8 Å². The molecular weight excluding hydrogens is 260 g/mol. The van der Waals surface area contributed by atoms with Crippen molar-refractivity contribution in [3.05, 3.63) is 34.9 Å². The van der Waals surface area contributed by atoms with Crippen molar-refractivity contribution < 1.29 is 10.2 Å². The van der Waals surface area contributed by atoms with E-state index in [0.717, 1.165) is 17.6 Å². The Morgan fingerprint density at radius 3 is 2.71 bits per heavy atom. The molecule has 0 radical (unpaired) electrons. The Bertz CT molecular complexity index is 495. The van der Waals surface area contributed by atoms with E-state index in [0.29, 0.717) is 0 Å². The Kier molecular flexibility index (Phi) is 6.95. The molecule has 1 rings (SSSR count). The van der Waals surface area contributed by atoms with E-state index in [4.69, 9.17) is 5.11 Å². The van der Waals surface area contributed by atoms with Crippen LogP contribution in [-0.2, 0) is 0 Å². The number of hydrogen-bond donors (Lipinski definition) is 2. The summed E-state index contributed by atoms with van der Waals surface area (Å²) >= 11 is 0. The third-order valence-corrected chi connectivity index (χ3v) is 4.14. The molecular formula is C19H28O2. The molecule has 1 aliphatic rings. The molecule has 0 spiro atoms. The summed E-state index contributed by atoms with van der Waals surface area (Å²) in [6.45, 7) is 8.31. The van der Waals surface area contributed by atoms with Crippen molar-refractivity contribution in [1.82, 2.24) is 0 Å². The molecule has 1 aliphatic carbocycles. The zero-order valence-corrected chi connectivity index (χ0v) is 13.7. The van der Waals surface area contributed by atoms with Crippen molar-refractivity contribution in [2.75, 3.05) is 6.61 Å². The van der Waals surface area contributed by atoms with E-state index in [1.807, 2.05) is 13.8 Å². The molecule has 1 atom stereocenters. The van der Waals surface area contributed by atoms with Gasteiger partial charge >= 0.3 is 0 Å². The molecule has 0 saturated heterocycles. The molecule has 0 aromatic heterocycles. The molecule has 0 saturated carbocycles. The lowest BCUT2D eigenvalue weighted by molar-refractivity contribution is 0.267. The highest BCUT2D eigenvalue weighted by molar-refractivity contribution is 5.32. The summed E-state index contributed by atoms with van der Waals surface area (Å²) in [5.74, 6) is 5.68. The van der Waals surface area contributed by atoms with Crippen molar-refractivity contribution in [2.24, 2.45) is 5.41 Å². The molecule has 116 valence electrons. The molecule has 0 amide bonds. The fourth-order valence-electron chi connectivity index (χ4n) is 2.48. The van der Waals surface area contributed by atoms with Gasteiger partial charge in [-0.1, -0.05) is 43.4 Å². The highest BCUT2D eigenvalue weighted by Crippen LogP contribution is 2.38. The molecule has 2 nitrogen and oxygen atoms in total. The van der Waals surface area contributed by atoms with Gasteiger partial charge in [0.2, 0.25) is 0 Å². The van der Waals surface area contributed by atoms with Crippen LogP contribution in [0.2, 0.25) is 0 Å². The average Bonchev–Trinajstić information content (AvgIpc) is 2.43. The summed E-state index contributed by atoms with van der Waals surface area (Å²) in [6, 6.07) is 0. The van der Waals surface area contributed by atoms with Gasteiger partial charge in [-0.25, -0.2) is 0 Å². The molecule has 0 fully saturated rings. The van der Waals surface area contributed by atoms with Crippen molar-refractivity contribution >= 4 is 0 Å². The van der Waals surface area contributed by atoms with Gasteiger partial charge in [0, 0.05) is 0 Å². The van der Waals surface area contributed by atoms with Crippen molar-refractivity contribution in [3.63, 3.8) is 0 Å². The van der Waals surface area contributed by atoms with Crippen LogP contribution in [0.3, 0.4) is 0 Å². The molecule has 0 aromatic carbocycles. The largest absolute Gasteiger partial charge is 0.392 e. The van der Waals surface area contributed by atoms with Crippen LogP contribution in [0.1, 0.15) is 53.4 Å². The van der Waals surface area contributed by atoms with Gasteiger partial charge in [0.15, 0.2) is 0 Å². The quantitative estimate of drug-likeness (QED) is 0.611. The van der Waals surface area contributed by atoms with E-state index in [-0.39, 0.29) is 12.0 Å². The maximum Gasteiger partial charge on any atom is 0.136 e. The predicted octanol–water partition coefficient (Wildman–Crippen LogP) is 3.76. The van der Waals surface area contributed by atoms with E-state index in [9.17, 15) is 5.11 Å².